The summed E-state index contributed by atoms with van der Waals surface area (Å²) in [5.41, 5.74) is 2.63. The highest BCUT2D eigenvalue weighted by Gasteiger charge is 2.14. The van der Waals surface area contributed by atoms with Crippen molar-refractivity contribution in [2.45, 2.75) is 0 Å². The van der Waals surface area contributed by atoms with Crippen molar-refractivity contribution in [2.75, 3.05) is 62.0 Å². The van der Waals surface area contributed by atoms with Crippen molar-refractivity contribution in [1.29, 1.82) is 0 Å². The van der Waals surface area contributed by atoms with Gasteiger partial charge < -0.3 is 20.3 Å². The molecule has 32 heavy (non-hydrogen) atoms. The second kappa shape index (κ2) is 10.3. The molecule has 4 rings (SSSR count). The van der Waals surface area contributed by atoms with Crippen molar-refractivity contribution >= 4 is 39.6 Å². The first kappa shape index (κ1) is 21.8. The number of carbonyl (C=O) groups is 2. The van der Waals surface area contributed by atoms with Crippen molar-refractivity contribution in [2.24, 2.45) is 0 Å². The van der Waals surface area contributed by atoms with Gasteiger partial charge in [-0.2, -0.15) is 0 Å². The molecule has 0 saturated carbocycles. The summed E-state index contributed by atoms with van der Waals surface area (Å²) in [5.74, 6) is -0.323. The number of fused-ring (bicyclic) bond motifs is 1. The SMILES string of the molecule is CN(CC(=O)Nc1ccc(N2CCOCC2)cc1)CC(=O)Nc1cccc2ccccc12. The van der Waals surface area contributed by atoms with E-state index in [1.54, 1.807) is 11.9 Å². The van der Waals surface area contributed by atoms with Crippen LogP contribution in [0, 0.1) is 0 Å². The Hall–Kier alpha value is -3.42. The quantitative estimate of drug-likeness (QED) is 0.600. The standard InChI is InChI=1S/C25H28N4O3/c1-28(18-25(31)27-23-8-4-6-19-5-2-3-7-22(19)23)17-24(30)26-20-9-11-21(12-10-20)29-13-15-32-16-14-29/h2-12H,13-18H2,1H3,(H,26,30)(H,27,31). The fraction of sp³-hybridized carbons (Fsp3) is 0.280. The van der Waals surface area contributed by atoms with E-state index in [4.69, 9.17) is 4.74 Å². The van der Waals surface area contributed by atoms with E-state index >= 15 is 0 Å². The van der Waals surface area contributed by atoms with E-state index in [2.05, 4.69) is 15.5 Å². The smallest absolute Gasteiger partial charge is 0.238 e. The predicted molar refractivity (Wildman–Crippen MR) is 128 cm³/mol. The van der Waals surface area contributed by atoms with Gasteiger partial charge in [-0.3, -0.25) is 14.5 Å². The Kier molecular flexibility index (Phi) is 6.99. The van der Waals surface area contributed by atoms with E-state index in [0.717, 1.165) is 54.1 Å². The van der Waals surface area contributed by atoms with E-state index < -0.39 is 0 Å². The van der Waals surface area contributed by atoms with E-state index in [9.17, 15) is 9.59 Å². The molecule has 7 heteroatoms. The van der Waals surface area contributed by atoms with E-state index in [0.29, 0.717) is 0 Å². The Bertz CT molecular complexity index is 1070. The molecule has 2 N–H and O–H groups in total. The van der Waals surface area contributed by atoms with Gasteiger partial charge in [-0.05, 0) is 42.8 Å². The van der Waals surface area contributed by atoms with Crippen molar-refractivity contribution in [3.63, 3.8) is 0 Å². The number of morpholine rings is 1. The third-order valence-corrected chi connectivity index (χ3v) is 5.42. The minimum Gasteiger partial charge on any atom is -0.378 e. The second-order valence-electron chi connectivity index (χ2n) is 7.94. The maximum Gasteiger partial charge on any atom is 0.238 e. The molecule has 2 amide bonds. The van der Waals surface area contributed by atoms with Crippen LogP contribution in [0.5, 0.6) is 0 Å². The van der Waals surface area contributed by atoms with Gasteiger partial charge in [0.2, 0.25) is 11.8 Å². The Balaban J connectivity index is 1.26. The van der Waals surface area contributed by atoms with Crippen LogP contribution >= 0.6 is 0 Å². The van der Waals surface area contributed by atoms with Crippen LogP contribution in [0.4, 0.5) is 17.1 Å². The summed E-state index contributed by atoms with van der Waals surface area (Å²) in [5, 5.41) is 7.90. The van der Waals surface area contributed by atoms with Gasteiger partial charge in [0, 0.05) is 35.5 Å². The first-order chi connectivity index (χ1) is 15.6. The van der Waals surface area contributed by atoms with E-state index in [-0.39, 0.29) is 24.9 Å². The minimum absolute atomic E-state index is 0.118. The van der Waals surface area contributed by atoms with Crippen LogP contribution in [0.2, 0.25) is 0 Å². The monoisotopic (exact) mass is 432 g/mol. The van der Waals surface area contributed by atoms with E-state index in [1.807, 2.05) is 66.7 Å². The maximum atomic E-state index is 12.5. The Morgan fingerprint density at radius 3 is 2.28 bits per heavy atom. The molecule has 3 aromatic rings. The lowest BCUT2D eigenvalue weighted by molar-refractivity contribution is -0.119. The van der Waals surface area contributed by atoms with Gasteiger partial charge in [0.15, 0.2) is 0 Å². The molecule has 7 nitrogen and oxygen atoms in total. The molecular formula is C25H28N4O3. The molecule has 1 fully saturated rings. The lowest BCUT2D eigenvalue weighted by atomic mass is 10.1. The number of carbonyl (C=O) groups excluding carboxylic acids is 2. The molecule has 0 unspecified atom stereocenters. The summed E-state index contributed by atoms with van der Waals surface area (Å²) in [6.07, 6.45) is 0. The molecule has 1 aliphatic rings. The van der Waals surface area contributed by atoms with Gasteiger partial charge in [-0.25, -0.2) is 0 Å². The van der Waals surface area contributed by atoms with Crippen LogP contribution in [-0.4, -0.2) is 63.2 Å². The van der Waals surface area contributed by atoms with Crippen molar-refractivity contribution in [3.8, 4) is 0 Å². The number of amides is 2. The highest BCUT2D eigenvalue weighted by atomic mass is 16.5. The third kappa shape index (κ3) is 5.63. The van der Waals surface area contributed by atoms with Gasteiger partial charge >= 0.3 is 0 Å². The number of anilines is 3. The lowest BCUT2D eigenvalue weighted by Gasteiger charge is -2.28. The first-order valence-electron chi connectivity index (χ1n) is 10.8. The third-order valence-electron chi connectivity index (χ3n) is 5.42. The molecule has 0 aromatic heterocycles. The number of hydrogen-bond donors (Lipinski definition) is 2. The molecular weight excluding hydrogens is 404 g/mol. The normalized spacial score (nSPS) is 13.9. The van der Waals surface area contributed by atoms with Crippen LogP contribution < -0.4 is 15.5 Å². The summed E-state index contributed by atoms with van der Waals surface area (Å²) in [4.78, 5) is 28.9. The summed E-state index contributed by atoms with van der Waals surface area (Å²) < 4.78 is 5.38. The number of nitrogens with one attached hydrogen (secondary N) is 2. The number of likely N-dealkylation sites (N-methyl/N-ethyl adjacent to an activating group) is 1. The Morgan fingerprint density at radius 1 is 0.875 bits per heavy atom. The molecule has 1 heterocycles. The summed E-state index contributed by atoms with van der Waals surface area (Å²) >= 11 is 0. The number of ether oxygens (including phenoxy) is 1. The van der Waals surface area contributed by atoms with Crippen molar-refractivity contribution < 1.29 is 14.3 Å². The van der Waals surface area contributed by atoms with Crippen LogP contribution in [0.25, 0.3) is 10.8 Å². The minimum atomic E-state index is -0.162. The number of benzene rings is 3. The zero-order valence-corrected chi connectivity index (χ0v) is 18.2. The Labute approximate surface area is 188 Å². The average molecular weight is 433 g/mol. The highest BCUT2D eigenvalue weighted by Crippen LogP contribution is 2.23. The van der Waals surface area contributed by atoms with Crippen molar-refractivity contribution in [3.05, 3.63) is 66.7 Å². The zero-order chi connectivity index (χ0) is 22.3. The molecule has 1 aliphatic heterocycles. The largest absolute Gasteiger partial charge is 0.378 e. The van der Waals surface area contributed by atoms with Crippen LogP contribution in [0.15, 0.2) is 66.7 Å². The predicted octanol–water partition coefficient (Wildman–Crippen LogP) is 3.19. The molecule has 0 spiro atoms. The summed E-state index contributed by atoms with van der Waals surface area (Å²) in [6.45, 7) is 3.45. The lowest BCUT2D eigenvalue weighted by Crippen LogP contribution is -2.36. The van der Waals surface area contributed by atoms with E-state index in [1.165, 1.54) is 0 Å². The number of rotatable bonds is 7. The summed E-state index contributed by atoms with van der Waals surface area (Å²) in [6, 6.07) is 21.5. The molecule has 0 aliphatic carbocycles. The van der Waals surface area contributed by atoms with Crippen LogP contribution in [0.1, 0.15) is 0 Å². The first-order valence-corrected chi connectivity index (χ1v) is 10.8. The highest BCUT2D eigenvalue weighted by molar-refractivity contribution is 6.03. The Morgan fingerprint density at radius 2 is 1.53 bits per heavy atom. The number of nitrogens with zero attached hydrogens (tertiary/aromatic N) is 2. The average Bonchev–Trinajstić information content (AvgIpc) is 2.80. The van der Waals surface area contributed by atoms with Gasteiger partial charge in [0.25, 0.3) is 0 Å². The molecule has 0 bridgehead atoms. The van der Waals surface area contributed by atoms with Gasteiger partial charge in [-0.15, -0.1) is 0 Å². The maximum absolute atomic E-state index is 12.5. The van der Waals surface area contributed by atoms with Crippen LogP contribution in [0.3, 0.4) is 0 Å². The molecule has 0 atom stereocenters. The zero-order valence-electron chi connectivity index (χ0n) is 18.2. The number of hydrogen-bond acceptors (Lipinski definition) is 5. The van der Waals surface area contributed by atoms with Gasteiger partial charge in [0.05, 0.1) is 26.3 Å². The topological polar surface area (TPSA) is 73.9 Å². The second-order valence-corrected chi connectivity index (χ2v) is 7.94. The molecule has 166 valence electrons. The fourth-order valence-corrected chi connectivity index (χ4v) is 3.85. The molecule has 3 aromatic carbocycles. The molecule has 1 saturated heterocycles. The van der Waals surface area contributed by atoms with Crippen molar-refractivity contribution in [1.82, 2.24) is 4.90 Å². The van der Waals surface area contributed by atoms with Crippen LogP contribution in [-0.2, 0) is 14.3 Å². The summed E-state index contributed by atoms with van der Waals surface area (Å²) in [7, 11) is 1.75. The van der Waals surface area contributed by atoms with Gasteiger partial charge in [-0.1, -0.05) is 36.4 Å². The fourth-order valence-electron chi connectivity index (χ4n) is 3.85. The molecule has 0 radical (unpaired) electrons. The van der Waals surface area contributed by atoms with Gasteiger partial charge in [0.1, 0.15) is 0 Å².